The molecule has 114 valence electrons. The van der Waals surface area contributed by atoms with Crippen molar-refractivity contribution in [2.24, 2.45) is 5.41 Å². The first kappa shape index (κ1) is 14.0. The Kier molecular flexibility index (Phi) is 2.96. The molecule has 7 heteroatoms. The van der Waals surface area contributed by atoms with Crippen LogP contribution >= 0.6 is 23.8 Å². The number of anilines is 1. The van der Waals surface area contributed by atoms with E-state index in [1.165, 1.54) is 0 Å². The number of nitrogens with one attached hydrogen (secondary N) is 2. The van der Waals surface area contributed by atoms with Crippen molar-refractivity contribution in [2.75, 3.05) is 11.4 Å². The monoisotopic (exact) mass is 335 g/mol. The van der Waals surface area contributed by atoms with Gasteiger partial charge in [0.15, 0.2) is 10.5 Å². The fourth-order valence-electron chi connectivity index (χ4n) is 3.98. The normalized spacial score (nSPS) is 25.6. The predicted molar refractivity (Wildman–Crippen MR) is 86.8 cm³/mol. The molecule has 2 amide bonds. The van der Waals surface area contributed by atoms with E-state index >= 15 is 0 Å². The van der Waals surface area contributed by atoms with Gasteiger partial charge in [0.25, 0.3) is 0 Å². The smallest absolute Gasteiger partial charge is 0.244 e. The molecule has 0 radical (unpaired) electrons. The van der Waals surface area contributed by atoms with E-state index in [0.717, 1.165) is 30.6 Å². The molecule has 4 rings (SSSR count). The summed E-state index contributed by atoms with van der Waals surface area (Å²) in [5.74, 6) is -0.632. The van der Waals surface area contributed by atoms with Crippen LogP contribution in [0, 0.1) is 5.41 Å². The quantitative estimate of drug-likeness (QED) is 0.555. The van der Waals surface area contributed by atoms with Crippen molar-refractivity contribution < 1.29 is 9.59 Å². The number of rotatable bonds is 0. The number of halogens is 1. The molecule has 3 aliphatic heterocycles. The van der Waals surface area contributed by atoms with Crippen LogP contribution in [0.2, 0.25) is 5.02 Å². The molecule has 0 bridgehead atoms. The van der Waals surface area contributed by atoms with Crippen LogP contribution in [0.1, 0.15) is 18.4 Å². The highest BCUT2D eigenvalue weighted by Gasteiger charge is 2.60. The van der Waals surface area contributed by atoms with E-state index in [4.69, 9.17) is 23.8 Å². The molecule has 0 aromatic heterocycles. The summed E-state index contributed by atoms with van der Waals surface area (Å²) in [6, 6.07) is 5.57. The van der Waals surface area contributed by atoms with Crippen molar-refractivity contribution in [2.45, 2.75) is 25.3 Å². The van der Waals surface area contributed by atoms with Gasteiger partial charge in [0.1, 0.15) is 0 Å². The number of nitrogens with zero attached hydrogens (tertiary/aromatic N) is 1. The zero-order valence-electron chi connectivity index (χ0n) is 11.7. The van der Waals surface area contributed by atoms with E-state index in [-0.39, 0.29) is 23.0 Å². The lowest BCUT2D eigenvalue weighted by Crippen LogP contribution is -2.70. The molecule has 1 spiro atoms. The van der Waals surface area contributed by atoms with Gasteiger partial charge >= 0.3 is 0 Å². The molecule has 2 saturated heterocycles. The van der Waals surface area contributed by atoms with Gasteiger partial charge in [0.2, 0.25) is 11.8 Å². The Labute approximate surface area is 138 Å². The van der Waals surface area contributed by atoms with E-state index in [0.29, 0.717) is 11.4 Å². The van der Waals surface area contributed by atoms with Crippen molar-refractivity contribution >= 4 is 46.4 Å². The molecular weight excluding hydrogens is 322 g/mol. The molecule has 3 heterocycles. The van der Waals surface area contributed by atoms with E-state index in [9.17, 15) is 9.59 Å². The van der Waals surface area contributed by atoms with Gasteiger partial charge in [-0.2, -0.15) is 0 Å². The maximum Gasteiger partial charge on any atom is 0.244 e. The third-order valence-corrected chi connectivity index (χ3v) is 5.50. The maximum absolute atomic E-state index is 12.7. The molecule has 0 aliphatic carbocycles. The Morgan fingerprint density at radius 3 is 2.73 bits per heavy atom. The van der Waals surface area contributed by atoms with E-state index in [2.05, 4.69) is 15.5 Å². The molecule has 1 atom stereocenters. The Morgan fingerprint density at radius 2 is 2.00 bits per heavy atom. The number of carbonyl (C=O) groups is 2. The van der Waals surface area contributed by atoms with E-state index < -0.39 is 5.41 Å². The molecule has 0 saturated carbocycles. The van der Waals surface area contributed by atoms with Crippen molar-refractivity contribution in [1.82, 2.24) is 10.6 Å². The SMILES string of the molecule is O=C1NC(=S)NC(=O)C12Cc1c(Cl)cccc1N1CCCC12. The van der Waals surface area contributed by atoms with Crippen LogP contribution in [0.15, 0.2) is 18.2 Å². The zero-order valence-corrected chi connectivity index (χ0v) is 13.3. The summed E-state index contributed by atoms with van der Waals surface area (Å²) in [5, 5.41) is 5.92. The molecule has 1 unspecified atom stereocenters. The van der Waals surface area contributed by atoms with Crippen molar-refractivity contribution in [1.29, 1.82) is 0 Å². The fraction of sp³-hybridized carbons (Fsp3) is 0.400. The standard InChI is InChI=1S/C15H14ClN3O2S/c16-9-3-1-4-10-8(9)7-15(11-5-2-6-19(10)11)12(20)17-14(22)18-13(15)21/h1,3-4,11H,2,5-7H2,(H2,17,18,20,21,22). The second kappa shape index (κ2) is 4.67. The molecule has 22 heavy (non-hydrogen) atoms. The van der Waals surface area contributed by atoms with Crippen LogP contribution in [0.25, 0.3) is 0 Å². The van der Waals surface area contributed by atoms with Crippen LogP contribution in [0.3, 0.4) is 0 Å². The number of fused-ring (bicyclic) bond motifs is 4. The fourth-order valence-corrected chi connectivity index (χ4v) is 4.40. The predicted octanol–water partition coefficient (Wildman–Crippen LogP) is 1.38. The summed E-state index contributed by atoms with van der Waals surface area (Å²) in [7, 11) is 0. The van der Waals surface area contributed by atoms with Crippen molar-refractivity contribution in [3.8, 4) is 0 Å². The Balaban J connectivity index is 1.91. The summed E-state index contributed by atoms with van der Waals surface area (Å²) in [4.78, 5) is 27.6. The summed E-state index contributed by atoms with van der Waals surface area (Å²) in [6.45, 7) is 0.824. The summed E-state index contributed by atoms with van der Waals surface area (Å²) < 4.78 is 0. The first-order valence-corrected chi connectivity index (χ1v) is 8.03. The molecule has 1 aromatic rings. The third kappa shape index (κ3) is 1.68. The number of thiocarbonyl (C=S) groups is 1. The number of carbonyl (C=O) groups excluding carboxylic acids is 2. The molecule has 2 fully saturated rings. The minimum atomic E-state index is -1.16. The first-order valence-electron chi connectivity index (χ1n) is 7.25. The molecule has 5 nitrogen and oxygen atoms in total. The van der Waals surface area contributed by atoms with Crippen LogP contribution in [-0.4, -0.2) is 29.5 Å². The number of hydrogen-bond acceptors (Lipinski definition) is 4. The third-order valence-electron chi connectivity index (χ3n) is 4.95. The highest BCUT2D eigenvalue weighted by molar-refractivity contribution is 7.80. The van der Waals surface area contributed by atoms with Gasteiger partial charge in [-0.15, -0.1) is 0 Å². The van der Waals surface area contributed by atoms with Gasteiger partial charge in [0, 0.05) is 23.7 Å². The molecule has 2 N–H and O–H groups in total. The Bertz CT molecular complexity index is 701. The van der Waals surface area contributed by atoms with Gasteiger partial charge in [-0.05, 0) is 42.8 Å². The number of amides is 2. The summed E-state index contributed by atoms with van der Waals surface area (Å²) in [5.41, 5.74) is 0.742. The highest BCUT2D eigenvalue weighted by Crippen LogP contribution is 2.48. The Morgan fingerprint density at radius 1 is 1.27 bits per heavy atom. The first-order chi connectivity index (χ1) is 10.5. The van der Waals surface area contributed by atoms with Gasteiger partial charge < -0.3 is 15.5 Å². The number of hydrogen-bond donors (Lipinski definition) is 2. The molecular formula is C15H14ClN3O2S. The van der Waals surface area contributed by atoms with Gasteiger partial charge in [0.05, 0.1) is 6.04 Å². The van der Waals surface area contributed by atoms with E-state index in [1.807, 2.05) is 12.1 Å². The lowest BCUT2D eigenvalue weighted by molar-refractivity contribution is -0.145. The summed E-state index contributed by atoms with van der Waals surface area (Å²) in [6.07, 6.45) is 2.06. The van der Waals surface area contributed by atoms with Crippen molar-refractivity contribution in [3.63, 3.8) is 0 Å². The Hall–Kier alpha value is -1.66. The summed E-state index contributed by atoms with van der Waals surface area (Å²) >= 11 is 11.3. The lowest BCUT2D eigenvalue weighted by Gasteiger charge is -2.48. The lowest BCUT2D eigenvalue weighted by atomic mass is 9.69. The topological polar surface area (TPSA) is 61.4 Å². The molecule has 1 aromatic carbocycles. The second-order valence-corrected chi connectivity index (χ2v) is 6.79. The zero-order chi connectivity index (χ0) is 15.5. The average molecular weight is 336 g/mol. The van der Waals surface area contributed by atoms with Crippen LogP contribution < -0.4 is 15.5 Å². The van der Waals surface area contributed by atoms with Crippen molar-refractivity contribution in [3.05, 3.63) is 28.8 Å². The average Bonchev–Trinajstić information content (AvgIpc) is 2.95. The van der Waals surface area contributed by atoms with Gasteiger partial charge in [-0.1, -0.05) is 17.7 Å². The highest BCUT2D eigenvalue weighted by atomic mass is 35.5. The van der Waals surface area contributed by atoms with Crippen LogP contribution in [-0.2, 0) is 16.0 Å². The van der Waals surface area contributed by atoms with Crippen LogP contribution in [0.5, 0.6) is 0 Å². The van der Waals surface area contributed by atoms with Gasteiger partial charge in [-0.3, -0.25) is 9.59 Å². The molecule has 3 aliphatic rings. The van der Waals surface area contributed by atoms with Crippen LogP contribution in [0.4, 0.5) is 5.69 Å². The van der Waals surface area contributed by atoms with E-state index in [1.54, 1.807) is 6.07 Å². The number of benzene rings is 1. The maximum atomic E-state index is 12.7. The second-order valence-electron chi connectivity index (χ2n) is 5.97. The van der Waals surface area contributed by atoms with Gasteiger partial charge in [-0.25, -0.2) is 0 Å². The minimum Gasteiger partial charge on any atom is -0.367 e. The largest absolute Gasteiger partial charge is 0.367 e. The minimum absolute atomic E-state index is 0.0788.